The van der Waals surface area contributed by atoms with Crippen LogP contribution in [0.5, 0.6) is 0 Å². The minimum absolute atomic E-state index is 0.362. The average molecular weight is 339 g/mol. The zero-order valence-corrected chi connectivity index (χ0v) is 15.1. The minimum Gasteiger partial charge on any atom is -0.459 e. The van der Waals surface area contributed by atoms with Crippen molar-refractivity contribution in [2.24, 2.45) is 11.7 Å². The van der Waals surface area contributed by atoms with Gasteiger partial charge in [0.2, 0.25) is 5.95 Å². The summed E-state index contributed by atoms with van der Waals surface area (Å²) in [5.41, 5.74) is 9.18. The van der Waals surface area contributed by atoms with Gasteiger partial charge in [-0.25, -0.2) is 4.98 Å². The van der Waals surface area contributed by atoms with E-state index in [1.165, 1.54) is 0 Å². The monoisotopic (exact) mass is 339 g/mol. The van der Waals surface area contributed by atoms with Crippen molar-refractivity contribution in [2.75, 3.05) is 17.2 Å². The third-order valence-corrected chi connectivity index (χ3v) is 3.87. The fourth-order valence-corrected chi connectivity index (χ4v) is 2.45. The number of nitrogens with two attached hydrogens (primary N) is 1. The van der Waals surface area contributed by atoms with Gasteiger partial charge in [-0.2, -0.15) is 4.98 Å². The normalized spacial score (nSPS) is 11.9. The summed E-state index contributed by atoms with van der Waals surface area (Å²) < 4.78 is 5.51. The maximum absolute atomic E-state index is 6.12. The highest BCUT2D eigenvalue weighted by Gasteiger charge is 2.14. The number of nitrogens with zero attached hydrogens (tertiary/aromatic N) is 2. The molecular weight excluding hydrogens is 314 g/mol. The van der Waals surface area contributed by atoms with Crippen LogP contribution in [0.4, 0.5) is 17.5 Å². The molecule has 0 fully saturated rings. The van der Waals surface area contributed by atoms with Gasteiger partial charge in [0.05, 0.1) is 6.26 Å². The summed E-state index contributed by atoms with van der Waals surface area (Å²) in [5.74, 6) is 1.73. The van der Waals surface area contributed by atoms with E-state index in [4.69, 9.17) is 10.2 Å². The van der Waals surface area contributed by atoms with Crippen LogP contribution < -0.4 is 16.4 Å². The van der Waals surface area contributed by atoms with Gasteiger partial charge in [0.1, 0.15) is 5.52 Å². The van der Waals surface area contributed by atoms with Crippen LogP contribution in [0.1, 0.15) is 33.3 Å². The van der Waals surface area contributed by atoms with E-state index in [1.807, 2.05) is 44.2 Å². The molecule has 0 amide bonds. The SMILES string of the molecule is CC(C)CNc1nc(Nc2ccc(C(C)(C)N)cc2)nc2ccoc12. The quantitative estimate of drug-likeness (QED) is 0.623. The lowest BCUT2D eigenvalue weighted by molar-refractivity contribution is 0.554. The molecule has 1 aromatic carbocycles. The first-order valence-corrected chi connectivity index (χ1v) is 8.48. The topological polar surface area (TPSA) is 89.0 Å². The molecule has 0 radical (unpaired) electrons. The van der Waals surface area contributed by atoms with Crippen LogP contribution in [0.3, 0.4) is 0 Å². The highest BCUT2D eigenvalue weighted by Crippen LogP contribution is 2.25. The summed E-state index contributed by atoms with van der Waals surface area (Å²) in [6, 6.07) is 9.82. The second-order valence-corrected chi connectivity index (χ2v) is 7.23. The molecule has 0 aliphatic heterocycles. The van der Waals surface area contributed by atoms with E-state index in [0.717, 1.165) is 23.3 Å². The first kappa shape index (κ1) is 17.2. The van der Waals surface area contributed by atoms with Gasteiger partial charge in [-0.05, 0) is 37.5 Å². The van der Waals surface area contributed by atoms with Crippen molar-refractivity contribution in [3.8, 4) is 0 Å². The third kappa shape index (κ3) is 4.09. The summed E-state index contributed by atoms with van der Waals surface area (Å²) >= 11 is 0. The molecule has 0 atom stereocenters. The zero-order valence-electron chi connectivity index (χ0n) is 15.1. The number of anilines is 3. The molecule has 25 heavy (non-hydrogen) atoms. The Balaban J connectivity index is 1.85. The molecule has 6 heteroatoms. The second-order valence-electron chi connectivity index (χ2n) is 7.23. The molecule has 3 aromatic rings. The van der Waals surface area contributed by atoms with Crippen LogP contribution in [0.15, 0.2) is 41.0 Å². The molecule has 2 aromatic heterocycles. The van der Waals surface area contributed by atoms with Gasteiger partial charge in [-0.15, -0.1) is 0 Å². The van der Waals surface area contributed by atoms with Crippen LogP contribution in [0.2, 0.25) is 0 Å². The number of rotatable bonds is 6. The van der Waals surface area contributed by atoms with Crippen molar-refractivity contribution in [3.63, 3.8) is 0 Å². The summed E-state index contributed by atoms with van der Waals surface area (Å²) in [5, 5.41) is 6.57. The minimum atomic E-state index is -0.362. The molecule has 0 bridgehead atoms. The molecule has 0 saturated heterocycles. The lowest BCUT2D eigenvalue weighted by atomic mass is 9.96. The predicted molar refractivity (Wildman–Crippen MR) is 102 cm³/mol. The largest absolute Gasteiger partial charge is 0.459 e. The molecule has 4 N–H and O–H groups in total. The Bertz CT molecular complexity index is 846. The lowest BCUT2D eigenvalue weighted by Gasteiger charge is -2.19. The summed E-state index contributed by atoms with van der Waals surface area (Å²) in [4.78, 5) is 9.07. The van der Waals surface area contributed by atoms with E-state index < -0.39 is 0 Å². The Morgan fingerprint density at radius 1 is 1.12 bits per heavy atom. The number of hydrogen-bond donors (Lipinski definition) is 3. The molecule has 0 saturated carbocycles. The maximum Gasteiger partial charge on any atom is 0.229 e. The van der Waals surface area contributed by atoms with Crippen molar-refractivity contribution in [1.29, 1.82) is 0 Å². The number of benzene rings is 1. The van der Waals surface area contributed by atoms with E-state index in [-0.39, 0.29) is 5.54 Å². The van der Waals surface area contributed by atoms with Gasteiger partial charge in [0.25, 0.3) is 0 Å². The molecular formula is C19H25N5O. The summed E-state index contributed by atoms with van der Waals surface area (Å²) in [7, 11) is 0. The van der Waals surface area contributed by atoms with E-state index in [1.54, 1.807) is 6.26 Å². The fraction of sp³-hybridized carbons (Fsp3) is 0.368. The number of aromatic nitrogens is 2. The summed E-state index contributed by atoms with van der Waals surface area (Å²) in [6.07, 6.45) is 1.63. The van der Waals surface area contributed by atoms with E-state index in [9.17, 15) is 0 Å². The maximum atomic E-state index is 6.12. The standard InChI is InChI=1S/C19H25N5O/c1-12(2)11-21-17-16-15(9-10-25-16)23-18(24-17)22-14-7-5-13(6-8-14)19(3,4)20/h5-10,12H,11,20H2,1-4H3,(H2,21,22,23,24). The van der Waals surface area contributed by atoms with E-state index in [0.29, 0.717) is 23.3 Å². The highest BCUT2D eigenvalue weighted by molar-refractivity contribution is 5.85. The van der Waals surface area contributed by atoms with Crippen molar-refractivity contribution >= 4 is 28.6 Å². The Morgan fingerprint density at radius 3 is 2.48 bits per heavy atom. The number of fused-ring (bicyclic) bond motifs is 1. The number of hydrogen-bond acceptors (Lipinski definition) is 6. The van der Waals surface area contributed by atoms with Crippen molar-refractivity contribution in [3.05, 3.63) is 42.2 Å². The third-order valence-electron chi connectivity index (χ3n) is 3.87. The zero-order chi connectivity index (χ0) is 18.0. The molecule has 6 nitrogen and oxygen atoms in total. The average Bonchev–Trinajstić information content (AvgIpc) is 3.00. The van der Waals surface area contributed by atoms with Crippen LogP contribution in [-0.4, -0.2) is 16.5 Å². The van der Waals surface area contributed by atoms with E-state index >= 15 is 0 Å². The Morgan fingerprint density at radius 2 is 1.84 bits per heavy atom. The Labute approximate surface area is 147 Å². The van der Waals surface area contributed by atoms with Crippen molar-refractivity contribution in [1.82, 2.24) is 9.97 Å². The van der Waals surface area contributed by atoms with Crippen LogP contribution in [-0.2, 0) is 5.54 Å². The lowest BCUT2D eigenvalue weighted by Crippen LogP contribution is -2.28. The molecule has 0 spiro atoms. The Kier molecular flexibility index (Phi) is 4.63. The van der Waals surface area contributed by atoms with Gasteiger partial charge < -0.3 is 20.8 Å². The Hall–Kier alpha value is -2.60. The van der Waals surface area contributed by atoms with Gasteiger partial charge in [0.15, 0.2) is 11.4 Å². The van der Waals surface area contributed by atoms with Gasteiger partial charge in [0, 0.05) is 23.8 Å². The van der Waals surface area contributed by atoms with Gasteiger partial charge >= 0.3 is 0 Å². The molecule has 0 unspecified atom stereocenters. The van der Waals surface area contributed by atoms with Crippen molar-refractivity contribution < 1.29 is 4.42 Å². The van der Waals surface area contributed by atoms with Gasteiger partial charge in [-0.3, -0.25) is 0 Å². The molecule has 3 rings (SSSR count). The first-order valence-electron chi connectivity index (χ1n) is 8.48. The van der Waals surface area contributed by atoms with Crippen LogP contribution in [0, 0.1) is 5.92 Å². The fourth-order valence-electron chi connectivity index (χ4n) is 2.45. The van der Waals surface area contributed by atoms with Crippen molar-refractivity contribution in [2.45, 2.75) is 33.2 Å². The predicted octanol–water partition coefficient (Wildman–Crippen LogP) is 4.23. The molecule has 132 valence electrons. The summed E-state index contributed by atoms with van der Waals surface area (Å²) in [6.45, 7) is 9.07. The van der Waals surface area contributed by atoms with E-state index in [2.05, 4.69) is 34.4 Å². The smallest absolute Gasteiger partial charge is 0.229 e. The second kappa shape index (κ2) is 6.72. The molecule has 0 aliphatic carbocycles. The first-order chi connectivity index (χ1) is 11.8. The van der Waals surface area contributed by atoms with Gasteiger partial charge in [-0.1, -0.05) is 26.0 Å². The van der Waals surface area contributed by atoms with Crippen LogP contribution >= 0.6 is 0 Å². The number of nitrogens with one attached hydrogen (secondary N) is 2. The molecule has 0 aliphatic rings. The van der Waals surface area contributed by atoms with Crippen LogP contribution in [0.25, 0.3) is 11.1 Å². The highest BCUT2D eigenvalue weighted by atomic mass is 16.3. The molecule has 2 heterocycles. The number of furan rings is 1.